The molecule has 1 fully saturated rings. The van der Waals surface area contributed by atoms with Crippen LogP contribution in [0.3, 0.4) is 0 Å². The van der Waals surface area contributed by atoms with Gasteiger partial charge in [0.15, 0.2) is 5.65 Å². The van der Waals surface area contributed by atoms with Gasteiger partial charge in [0.25, 0.3) is 5.95 Å². The lowest BCUT2D eigenvalue weighted by molar-refractivity contribution is -0.142. The van der Waals surface area contributed by atoms with E-state index in [9.17, 15) is 17.6 Å². The van der Waals surface area contributed by atoms with Crippen LogP contribution in [-0.2, 0) is 6.54 Å². The van der Waals surface area contributed by atoms with Crippen LogP contribution in [-0.4, -0.2) is 59.7 Å². The first-order valence-corrected chi connectivity index (χ1v) is 11.1. The zero-order valence-corrected chi connectivity index (χ0v) is 19.4. The molecule has 0 amide bonds. The average Bonchev–Trinajstić information content (AvgIpc) is 3.43. The van der Waals surface area contributed by atoms with E-state index in [1.165, 1.54) is 26.5 Å². The Kier molecular flexibility index (Phi) is 5.21. The number of halogens is 4. The Labute approximate surface area is 205 Å². The summed E-state index contributed by atoms with van der Waals surface area (Å²) in [4.78, 5) is 16.9. The molecule has 0 radical (unpaired) electrons. The third kappa shape index (κ3) is 4.07. The summed E-state index contributed by atoms with van der Waals surface area (Å²) in [6.07, 6.45) is 2.53. The van der Waals surface area contributed by atoms with E-state index in [-0.39, 0.29) is 34.8 Å². The van der Waals surface area contributed by atoms with Gasteiger partial charge in [0, 0.05) is 30.4 Å². The topological polar surface area (TPSA) is 105 Å². The van der Waals surface area contributed by atoms with Crippen molar-refractivity contribution in [1.82, 2.24) is 39.3 Å². The van der Waals surface area contributed by atoms with Crippen molar-refractivity contribution in [2.24, 2.45) is 0 Å². The van der Waals surface area contributed by atoms with E-state index in [1.54, 1.807) is 23.1 Å². The standard InChI is InChI=1S/C23H18F4N8O2/c1-36-21-15(9-30-22(31-21)37-2)16-7-14(20-28-3-4-34(20)32-16)13-6-12(13)11-5-17-18(29-8-11)19(24)33-35(17)10-23(25,26)27/h3-5,7-9,12-13H,6,10H2,1-2H3/t12-,13+/m1/s1. The first kappa shape index (κ1) is 23.1. The highest BCUT2D eigenvalue weighted by molar-refractivity contribution is 5.76. The Bertz CT molecular complexity index is 1650. The second-order valence-corrected chi connectivity index (χ2v) is 8.61. The molecule has 0 N–H and O–H groups in total. The van der Waals surface area contributed by atoms with Crippen molar-refractivity contribution in [2.45, 2.75) is 31.0 Å². The Morgan fingerprint density at radius 2 is 1.86 bits per heavy atom. The van der Waals surface area contributed by atoms with Gasteiger partial charge in [-0.1, -0.05) is 0 Å². The molecule has 5 aromatic rings. The second-order valence-electron chi connectivity index (χ2n) is 8.61. The van der Waals surface area contributed by atoms with E-state index in [2.05, 4.69) is 30.1 Å². The van der Waals surface area contributed by atoms with Crippen LogP contribution in [0.4, 0.5) is 17.6 Å². The molecule has 2 atom stereocenters. The fraction of sp³-hybridized carbons (Fsp3) is 0.304. The zero-order valence-electron chi connectivity index (χ0n) is 19.4. The normalized spacial score (nSPS) is 17.5. The predicted octanol–water partition coefficient (Wildman–Crippen LogP) is 3.92. The van der Waals surface area contributed by atoms with Crippen molar-refractivity contribution >= 4 is 16.7 Å². The summed E-state index contributed by atoms with van der Waals surface area (Å²) in [5, 5.41) is 8.00. The molecule has 5 aromatic heterocycles. The first-order chi connectivity index (χ1) is 17.8. The molecular formula is C23H18F4N8O2. The van der Waals surface area contributed by atoms with Gasteiger partial charge in [-0.2, -0.15) is 27.6 Å². The zero-order chi connectivity index (χ0) is 25.9. The number of methoxy groups -OCH3 is 2. The van der Waals surface area contributed by atoms with Crippen molar-refractivity contribution in [1.29, 1.82) is 0 Å². The van der Waals surface area contributed by atoms with Crippen molar-refractivity contribution in [2.75, 3.05) is 14.2 Å². The van der Waals surface area contributed by atoms with Crippen LogP contribution in [0.2, 0.25) is 0 Å². The van der Waals surface area contributed by atoms with Crippen molar-refractivity contribution in [3.8, 4) is 23.1 Å². The van der Waals surface area contributed by atoms with Gasteiger partial charge in [-0.3, -0.25) is 4.68 Å². The fourth-order valence-corrected chi connectivity index (χ4v) is 4.56. The molecule has 1 aliphatic carbocycles. The number of hydrogen-bond donors (Lipinski definition) is 0. The molecule has 1 aliphatic rings. The third-order valence-corrected chi connectivity index (χ3v) is 6.29. The molecule has 6 rings (SSSR count). The molecule has 0 bridgehead atoms. The fourth-order valence-electron chi connectivity index (χ4n) is 4.56. The Hall–Kier alpha value is -4.36. The van der Waals surface area contributed by atoms with Gasteiger partial charge >= 0.3 is 12.2 Å². The quantitative estimate of drug-likeness (QED) is 0.314. The minimum absolute atomic E-state index is 0.000492. The molecule has 0 unspecified atom stereocenters. The van der Waals surface area contributed by atoms with E-state index in [0.717, 1.165) is 5.56 Å². The Morgan fingerprint density at radius 3 is 2.62 bits per heavy atom. The van der Waals surface area contributed by atoms with Crippen molar-refractivity contribution < 1.29 is 27.0 Å². The van der Waals surface area contributed by atoms with E-state index in [4.69, 9.17) is 9.47 Å². The van der Waals surface area contributed by atoms with E-state index >= 15 is 0 Å². The predicted molar refractivity (Wildman–Crippen MR) is 121 cm³/mol. The number of nitrogens with zero attached hydrogens (tertiary/aromatic N) is 8. The smallest absolute Gasteiger partial charge is 0.408 e. The molecule has 0 aromatic carbocycles. The van der Waals surface area contributed by atoms with Gasteiger partial charge in [-0.25, -0.2) is 19.5 Å². The maximum Gasteiger partial charge on any atom is 0.408 e. The number of rotatable bonds is 6. The Balaban J connectivity index is 1.38. The van der Waals surface area contributed by atoms with Crippen molar-refractivity contribution in [3.63, 3.8) is 0 Å². The highest BCUT2D eigenvalue weighted by Gasteiger charge is 2.42. The van der Waals surface area contributed by atoms with Crippen LogP contribution in [0, 0.1) is 5.95 Å². The van der Waals surface area contributed by atoms with Gasteiger partial charge in [0.1, 0.15) is 12.1 Å². The lowest BCUT2D eigenvalue weighted by Gasteiger charge is -2.11. The first-order valence-electron chi connectivity index (χ1n) is 11.1. The summed E-state index contributed by atoms with van der Waals surface area (Å²) in [7, 11) is 2.93. The largest absolute Gasteiger partial charge is 0.480 e. The molecule has 1 saturated carbocycles. The summed E-state index contributed by atoms with van der Waals surface area (Å²) in [5.74, 6) is -0.822. The minimum Gasteiger partial charge on any atom is -0.480 e. The summed E-state index contributed by atoms with van der Waals surface area (Å²) in [6, 6.07) is 3.55. The minimum atomic E-state index is -4.55. The molecule has 5 heterocycles. The van der Waals surface area contributed by atoms with Crippen LogP contribution in [0.25, 0.3) is 27.9 Å². The monoisotopic (exact) mass is 514 g/mol. The van der Waals surface area contributed by atoms with E-state index in [0.29, 0.717) is 33.6 Å². The number of ether oxygens (including phenoxy) is 2. The lowest BCUT2D eigenvalue weighted by atomic mass is 10.0. The number of hydrogen-bond acceptors (Lipinski definition) is 8. The molecule has 14 heteroatoms. The SMILES string of the molecule is COc1ncc(-c2cc([C@H]3C[C@@H]3c3cnc4c(F)nn(CC(F)(F)F)c4c3)c3nccn3n2)c(OC)n1. The summed E-state index contributed by atoms with van der Waals surface area (Å²) < 4.78 is 65.8. The average molecular weight is 514 g/mol. The van der Waals surface area contributed by atoms with E-state index < -0.39 is 18.7 Å². The van der Waals surface area contributed by atoms with Crippen LogP contribution in [0.15, 0.2) is 36.9 Å². The number of fused-ring (bicyclic) bond motifs is 2. The van der Waals surface area contributed by atoms with Gasteiger partial charge in [0.2, 0.25) is 5.88 Å². The molecule has 37 heavy (non-hydrogen) atoms. The summed E-state index contributed by atoms with van der Waals surface area (Å²) in [6.45, 7) is -1.40. The Morgan fingerprint density at radius 1 is 1.03 bits per heavy atom. The van der Waals surface area contributed by atoms with Gasteiger partial charge in [0.05, 0.1) is 31.0 Å². The van der Waals surface area contributed by atoms with Crippen molar-refractivity contribution in [3.05, 3.63) is 54.0 Å². The summed E-state index contributed by atoms with van der Waals surface area (Å²) in [5.41, 5.74) is 3.11. The third-order valence-electron chi connectivity index (χ3n) is 6.29. The molecule has 10 nitrogen and oxygen atoms in total. The number of pyridine rings is 1. The molecule has 190 valence electrons. The number of aromatic nitrogens is 8. The molecule has 0 aliphatic heterocycles. The number of imidazole rings is 1. The molecule has 0 saturated heterocycles. The van der Waals surface area contributed by atoms with Crippen LogP contribution < -0.4 is 9.47 Å². The van der Waals surface area contributed by atoms with Crippen LogP contribution in [0.1, 0.15) is 29.4 Å². The second kappa shape index (κ2) is 8.35. The maximum absolute atomic E-state index is 14.1. The molecular weight excluding hydrogens is 496 g/mol. The van der Waals surface area contributed by atoms with Crippen LogP contribution >= 0.6 is 0 Å². The number of alkyl halides is 3. The lowest BCUT2D eigenvalue weighted by Crippen LogP contribution is -2.18. The van der Waals surface area contributed by atoms with E-state index in [1.807, 2.05) is 6.07 Å². The summed E-state index contributed by atoms with van der Waals surface area (Å²) >= 11 is 0. The maximum atomic E-state index is 14.1. The van der Waals surface area contributed by atoms with Gasteiger partial charge in [-0.15, -0.1) is 5.10 Å². The highest BCUT2D eigenvalue weighted by Crippen LogP contribution is 2.56. The van der Waals surface area contributed by atoms with Gasteiger partial charge < -0.3 is 9.47 Å². The molecule has 0 spiro atoms. The highest BCUT2D eigenvalue weighted by atomic mass is 19.4. The van der Waals surface area contributed by atoms with Crippen LogP contribution in [0.5, 0.6) is 11.9 Å². The van der Waals surface area contributed by atoms with Gasteiger partial charge in [-0.05, 0) is 36.0 Å².